The van der Waals surface area contributed by atoms with E-state index in [-0.39, 0.29) is 17.9 Å². The van der Waals surface area contributed by atoms with Crippen molar-refractivity contribution >= 4 is 17.5 Å². The SMILES string of the molecule is CCOc1ccccc1C(=O)NCCCC(=O)N(c1cc(C)ccc1C)C(C)C. The average Bonchev–Trinajstić information content (AvgIpc) is 2.68. The zero-order valence-electron chi connectivity index (χ0n) is 18.1. The van der Waals surface area contributed by atoms with Gasteiger partial charge in [0.2, 0.25) is 5.91 Å². The molecular weight excluding hydrogens is 364 g/mol. The van der Waals surface area contributed by atoms with Crippen molar-refractivity contribution in [1.29, 1.82) is 0 Å². The van der Waals surface area contributed by atoms with E-state index in [2.05, 4.69) is 17.4 Å². The highest BCUT2D eigenvalue weighted by molar-refractivity contribution is 5.97. The highest BCUT2D eigenvalue weighted by atomic mass is 16.5. The molecule has 0 aliphatic carbocycles. The van der Waals surface area contributed by atoms with Crippen LogP contribution in [0.2, 0.25) is 0 Å². The van der Waals surface area contributed by atoms with E-state index in [0.717, 1.165) is 16.8 Å². The second-order valence-electron chi connectivity index (χ2n) is 7.44. The minimum Gasteiger partial charge on any atom is -0.493 e. The first-order valence-corrected chi connectivity index (χ1v) is 10.2. The van der Waals surface area contributed by atoms with Crippen molar-refractivity contribution in [2.75, 3.05) is 18.1 Å². The third-order valence-electron chi connectivity index (χ3n) is 4.69. The van der Waals surface area contributed by atoms with Gasteiger partial charge in [0.15, 0.2) is 0 Å². The molecule has 29 heavy (non-hydrogen) atoms. The Kier molecular flexibility index (Phi) is 8.25. The summed E-state index contributed by atoms with van der Waals surface area (Å²) in [5.74, 6) is 0.457. The van der Waals surface area contributed by atoms with Gasteiger partial charge in [-0.15, -0.1) is 0 Å². The first-order chi connectivity index (χ1) is 13.8. The molecule has 0 bridgehead atoms. The highest BCUT2D eigenvalue weighted by Crippen LogP contribution is 2.25. The lowest BCUT2D eigenvalue weighted by Gasteiger charge is -2.29. The van der Waals surface area contributed by atoms with Gasteiger partial charge in [-0.05, 0) is 70.4 Å². The van der Waals surface area contributed by atoms with Crippen molar-refractivity contribution in [1.82, 2.24) is 5.32 Å². The molecule has 0 saturated carbocycles. The number of aryl methyl sites for hydroxylation is 2. The molecule has 2 rings (SSSR count). The van der Waals surface area contributed by atoms with Crippen LogP contribution in [0, 0.1) is 13.8 Å². The molecule has 2 aromatic carbocycles. The summed E-state index contributed by atoms with van der Waals surface area (Å²) >= 11 is 0. The van der Waals surface area contributed by atoms with Gasteiger partial charge < -0.3 is 15.0 Å². The minimum absolute atomic E-state index is 0.0654. The van der Waals surface area contributed by atoms with E-state index in [1.807, 2.05) is 57.7 Å². The van der Waals surface area contributed by atoms with Crippen LogP contribution in [0.3, 0.4) is 0 Å². The fraction of sp³-hybridized carbons (Fsp3) is 0.417. The lowest BCUT2D eigenvalue weighted by atomic mass is 10.1. The molecule has 5 heteroatoms. The lowest BCUT2D eigenvalue weighted by molar-refractivity contribution is -0.119. The summed E-state index contributed by atoms with van der Waals surface area (Å²) in [6.07, 6.45) is 0.953. The van der Waals surface area contributed by atoms with Crippen LogP contribution in [-0.4, -0.2) is 31.0 Å². The second-order valence-corrected chi connectivity index (χ2v) is 7.44. The van der Waals surface area contributed by atoms with Crippen molar-refractivity contribution in [2.45, 2.75) is 53.5 Å². The molecule has 0 fully saturated rings. The Hall–Kier alpha value is -2.82. The van der Waals surface area contributed by atoms with Crippen molar-refractivity contribution in [3.63, 3.8) is 0 Å². The molecular formula is C24H32N2O3. The van der Waals surface area contributed by atoms with Crippen molar-refractivity contribution in [3.05, 3.63) is 59.2 Å². The van der Waals surface area contributed by atoms with E-state index in [1.54, 1.807) is 12.1 Å². The van der Waals surface area contributed by atoms with Gasteiger partial charge in [-0.25, -0.2) is 0 Å². The molecule has 5 nitrogen and oxygen atoms in total. The third-order valence-corrected chi connectivity index (χ3v) is 4.69. The van der Waals surface area contributed by atoms with E-state index in [0.29, 0.717) is 37.3 Å². The molecule has 0 saturated heterocycles. The van der Waals surface area contributed by atoms with Crippen LogP contribution in [0.5, 0.6) is 5.75 Å². The van der Waals surface area contributed by atoms with Crippen LogP contribution in [0.15, 0.2) is 42.5 Å². The molecule has 0 aromatic heterocycles. The predicted octanol–water partition coefficient (Wildman–Crippen LogP) is 4.65. The van der Waals surface area contributed by atoms with E-state index in [9.17, 15) is 9.59 Å². The third kappa shape index (κ3) is 6.08. The van der Waals surface area contributed by atoms with Gasteiger partial charge in [-0.2, -0.15) is 0 Å². The van der Waals surface area contributed by atoms with Crippen LogP contribution in [0.1, 0.15) is 55.1 Å². The average molecular weight is 397 g/mol. The molecule has 0 spiro atoms. The summed E-state index contributed by atoms with van der Waals surface area (Å²) < 4.78 is 5.51. The Bertz CT molecular complexity index is 846. The molecule has 2 aromatic rings. The predicted molar refractivity (Wildman–Crippen MR) is 118 cm³/mol. The maximum absolute atomic E-state index is 12.9. The number of amides is 2. The standard InChI is InChI=1S/C24H32N2O3/c1-6-29-22-11-8-7-10-20(22)24(28)25-15-9-12-23(27)26(17(2)3)21-16-18(4)13-14-19(21)5/h7-8,10-11,13-14,16-17H,6,9,12,15H2,1-5H3,(H,25,28). The zero-order chi connectivity index (χ0) is 21.4. The minimum atomic E-state index is -0.184. The monoisotopic (exact) mass is 396 g/mol. The van der Waals surface area contributed by atoms with Gasteiger partial charge in [-0.1, -0.05) is 24.3 Å². The van der Waals surface area contributed by atoms with Crippen LogP contribution in [-0.2, 0) is 4.79 Å². The summed E-state index contributed by atoms with van der Waals surface area (Å²) in [7, 11) is 0. The summed E-state index contributed by atoms with van der Waals surface area (Å²) in [6.45, 7) is 10.9. The quantitative estimate of drug-likeness (QED) is 0.628. The molecule has 0 heterocycles. The molecule has 2 amide bonds. The number of carbonyl (C=O) groups is 2. The van der Waals surface area contributed by atoms with E-state index in [1.165, 1.54) is 0 Å². The molecule has 0 atom stereocenters. The number of benzene rings is 2. The number of nitrogens with one attached hydrogen (secondary N) is 1. The molecule has 0 aliphatic rings. The first-order valence-electron chi connectivity index (χ1n) is 10.2. The lowest BCUT2D eigenvalue weighted by Crippen LogP contribution is -2.38. The maximum Gasteiger partial charge on any atom is 0.255 e. The topological polar surface area (TPSA) is 58.6 Å². The van der Waals surface area contributed by atoms with Gasteiger partial charge >= 0.3 is 0 Å². The number of nitrogens with zero attached hydrogens (tertiary/aromatic N) is 1. The van der Waals surface area contributed by atoms with Crippen molar-refractivity contribution in [3.8, 4) is 5.75 Å². The fourth-order valence-corrected chi connectivity index (χ4v) is 3.27. The Morgan fingerprint density at radius 3 is 2.52 bits per heavy atom. The number of ether oxygens (including phenoxy) is 1. The Morgan fingerprint density at radius 2 is 1.83 bits per heavy atom. The number of hydrogen-bond donors (Lipinski definition) is 1. The zero-order valence-corrected chi connectivity index (χ0v) is 18.1. The smallest absolute Gasteiger partial charge is 0.255 e. The Balaban J connectivity index is 1.94. The summed E-state index contributed by atoms with van der Waals surface area (Å²) in [4.78, 5) is 27.2. The van der Waals surface area contributed by atoms with Crippen LogP contribution < -0.4 is 15.0 Å². The molecule has 0 aliphatic heterocycles. The summed E-state index contributed by atoms with van der Waals surface area (Å²) in [6, 6.07) is 13.4. The molecule has 0 unspecified atom stereocenters. The van der Waals surface area contributed by atoms with E-state index in [4.69, 9.17) is 4.74 Å². The maximum atomic E-state index is 12.9. The van der Waals surface area contributed by atoms with Gasteiger partial charge in [0.1, 0.15) is 5.75 Å². The number of carbonyl (C=O) groups excluding carboxylic acids is 2. The molecule has 0 radical (unpaired) electrons. The summed E-state index contributed by atoms with van der Waals surface area (Å²) in [5, 5.41) is 2.89. The number of para-hydroxylation sites is 1. The van der Waals surface area contributed by atoms with Crippen LogP contribution in [0.4, 0.5) is 5.69 Å². The van der Waals surface area contributed by atoms with Gasteiger partial charge in [0.25, 0.3) is 5.91 Å². The molecule has 1 N–H and O–H groups in total. The first kappa shape index (κ1) is 22.5. The second kappa shape index (κ2) is 10.6. The Morgan fingerprint density at radius 1 is 1.10 bits per heavy atom. The van der Waals surface area contributed by atoms with Crippen LogP contribution in [0.25, 0.3) is 0 Å². The van der Waals surface area contributed by atoms with Crippen molar-refractivity contribution in [2.24, 2.45) is 0 Å². The fourth-order valence-electron chi connectivity index (χ4n) is 3.27. The van der Waals surface area contributed by atoms with Crippen LogP contribution >= 0.6 is 0 Å². The van der Waals surface area contributed by atoms with Gasteiger partial charge in [0, 0.05) is 24.7 Å². The van der Waals surface area contributed by atoms with Gasteiger partial charge in [-0.3, -0.25) is 9.59 Å². The number of anilines is 1. The normalized spacial score (nSPS) is 10.7. The Labute approximate surface area is 174 Å². The summed E-state index contributed by atoms with van der Waals surface area (Å²) in [5.41, 5.74) is 3.68. The molecule has 156 valence electrons. The van der Waals surface area contributed by atoms with Gasteiger partial charge in [0.05, 0.1) is 12.2 Å². The largest absolute Gasteiger partial charge is 0.493 e. The highest BCUT2D eigenvalue weighted by Gasteiger charge is 2.20. The van der Waals surface area contributed by atoms with E-state index < -0.39 is 0 Å². The number of rotatable bonds is 9. The van der Waals surface area contributed by atoms with Crippen molar-refractivity contribution < 1.29 is 14.3 Å². The number of hydrogen-bond acceptors (Lipinski definition) is 3. The van der Waals surface area contributed by atoms with E-state index >= 15 is 0 Å².